The molecule has 0 radical (unpaired) electrons. The van der Waals surface area contributed by atoms with Crippen LogP contribution in [0.5, 0.6) is 0 Å². The fourth-order valence-corrected chi connectivity index (χ4v) is 3.50. The maximum absolute atomic E-state index is 13.6. The highest BCUT2D eigenvalue weighted by Crippen LogP contribution is 2.29. The van der Waals surface area contributed by atoms with E-state index >= 15 is 0 Å². The molecule has 0 aromatic heterocycles. The summed E-state index contributed by atoms with van der Waals surface area (Å²) in [7, 11) is 0. The Balaban J connectivity index is 1.95. The number of nitro groups is 1. The van der Waals surface area contributed by atoms with Crippen LogP contribution in [0.1, 0.15) is 32.4 Å². The second-order valence-corrected chi connectivity index (χ2v) is 9.06. The Labute approximate surface area is 214 Å². The van der Waals surface area contributed by atoms with Gasteiger partial charge in [0.1, 0.15) is 18.2 Å². The van der Waals surface area contributed by atoms with Gasteiger partial charge in [-0.05, 0) is 50.6 Å². The summed E-state index contributed by atoms with van der Waals surface area (Å²) in [6.07, 6.45) is -0.763. The lowest BCUT2D eigenvalue weighted by Gasteiger charge is -2.31. The lowest BCUT2D eigenvalue weighted by molar-refractivity contribution is -0.384. The number of alkyl carbamates (subject to hydrolysis) is 1. The summed E-state index contributed by atoms with van der Waals surface area (Å²) in [4.78, 5) is 51.0. The summed E-state index contributed by atoms with van der Waals surface area (Å²) >= 11 is 0. The first-order chi connectivity index (χ1) is 17.5. The molecule has 0 saturated carbocycles. The molecule has 37 heavy (non-hydrogen) atoms. The molecule has 0 aliphatic rings. The van der Waals surface area contributed by atoms with Gasteiger partial charge in [0, 0.05) is 23.5 Å². The summed E-state index contributed by atoms with van der Waals surface area (Å²) in [5.74, 6) is -1.10. The molecule has 192 valence electrons. The number of nitro benzene ring substituents is 1. The van der Waals surface area contributed by atoms with Gasteiger partial charge in [-0.1, -0.05) is 48.5 Å². The van der Waals surface area contributed by atoms with Gasteiger partial charge in [-0.3, -0.25) is 24.6 Å². The number of hydrogen-bond acceptors (Lipinski definition) is 6. The predicted molar refractivity (Wildman–Crippen MR) is 139 cm³/mol. The quantitative estimate of drug-likeness (QED) is 0.334. The van der Waals surface area contributed by atoms with Crippen molar-refractivity contribution in [2.24, 2.45) is 0 Å². The fraction of sp³-hybridized carbons (Fsp3) is 0.222. The highest BCUT2D eigenvalue weighted by atomic mass is 16.6. The number of anilines is 2. The average Bonchev–Trinajstić information content (AvgIpc) is 2.86. The van der Waals surface area contributed by atoms with E-state index in [-0.39, 0.29) is 5.69 Å². The largest absolute Gasteiger partial charge is 0.444 e. The number of carbonyl (C=O) groups excluding carboxylic acids is 3. The second kappa shape index (κ2) is 11.8. The smallest absolute Gasteiger partial charge is 0.408 e. The second-order valence-electron chi connectivity index (χ2n) is 9.06. The van der Waals surface area contributed by atoms with Gasteiger partial charge in [-0.2, -0.15) is 0 Å². The van der Waals surface area contributed by atoms with Gasteiger partial charge >= 0.3 is 6.09 Å². The van der Waals surface area contributed by atoms with Crippen LogP contribution in [0.3, 0.4) is 0 Å². The third-order valence-corrected chi connectivity index (χ3v) is 5.05. The van der Waals surface area contributed by atoms with E-state index in [0.29, 0.717) is 16.9 Å². The number of carbonyl (C=O) groups is 3. The molecule has 3 aromatic carbocycles. The molecule has 3 rings (SSSR count). The lowest BCUT2D eigenvalue weighted by atomic mass is 10.0. The van der Waals surface area contributed by atoms with Gasteiger partial charge in [0.15, 0.2) is 0 Å². The lowest BCUT2D eigenvalue weighted by Crippen LogP contribution is -2.46. The maximum Gasteiger partial charge on any atom is 0.408 e. The van der Waals surface area contributed by atoms with E-state index < -0.39 is 41.0 Å². The molecule has 10 heteroatoms. The van der Waals surface area contributed by atoms with Gasteiger partial charge in [0.2, 0.25) is 5.91 Å². The van der Waals surface area contributed by atoms with Crippen LogP contribution in [-0.4, -0.2) is 35.0 Å². The molecule has 0 aliphatic heterocycles. The van der Waals surface area contributed by atoms with Crippen LogP contribution in [0, 0.1) is 10.1 Å². The molecule has 0 spiro atoms. The van der Waals surface area contributed by atoms with E-state index in [1.54, 1.807) is 81.4 Å². The van der Waals surface area contributed by atoms with E-state index in [0.717, 1.165) is 0 Å². The highest BCUT2D eigenvalue weighted by molar-refractivity contribution is 6.06. The van der Waals surface area contributed by atoms with E-state index in [4.69, 9.17) is 4.74 Å². The third kappa shape index (κ3) is 7.63. The minimum Gasteiger partial charge on any atom is -0.444 e. The number of benzene rings is 3. The molecular formula is C27H28N4O6. The molecule has 1 atom stereocenters. The number of nitrogens with one attached hydrogen (secondary N) is 2. The highest BCUT2D eigenvalue weighted by Gasteiger charge is 2.33. The summed E-state index contributed by atoms with van der Waals surface area (Å²) in [5.41, 5.74) is 0.419. The van der Waals surface area contributed by atoms with Crippen molar-refractivity contribution in [3.63, 3.8) is 0 Å². The van der Waals surface area contributed by atoms with Crippen LogP contribution in [0.25, 0.3) is 0 Å². The molecule has 2 N–H and O–H groups in total. The van der Waals surface area contributed by atoms with Gasteiger partial charge in [-0.25, -0.2) is 4.79 Å². The number of non-ortho nitro benzene ring substituents is 1. The molecule has 0 saturated heterocycles. The minimum absolute atomic E-state index is 0.119. The zero-order chi connectivity index (χ0) is 27.0. The molecule has 0 fully saturated rings. The number of amides is 3. The Morgan fingerprint density at radius 3 is 2.03 bits per heavy atom. The van der Waals surface area contributed by atoms with Crippen molar-refractivity contribution in [2.45, 2.75) is 32.4 Å². The normalized spacial score (nSPS) is 11.6. The van der Waals surface area contributed by atoms with Crippen molar-refractivity contribution in [1.29, 1.82) is 0 Å². The topological polar surface area (TPSA) is 131 Å². The number of nitrogens with zero attached hydrogens (tertiary/aromatic N) is 2. The van der Waals surface area contributed by atoms with Gasteiger partial charge < -0.3 is 15.4 Å². The van der Waals surface area contributed by atoms with Crippen LogP contribution >= 0.6 is 0 Å². The van der Waals surface area contributed by atoms with Crippen LogP contribution in [-0.2, 0) is 14.3 Å². The number of ether oxygens (including phenoxy) is 1. The van der Waals surface area contributed by atoms with Gasteiger partial charge in [-0.15, -0.1) is 0 Å². The average molecular weight is 505 g/mol. The number of hydrogen-bond donors (Lipinski definition) is 2. The molecule has 3 amide bonds. The Morgan fingerprint density at radius 1 is 0.919 bits per heavy atom. The first-order valence-electron chi connectivity index (χ1n) is 11.5. The van der Waals surface area contributed by atoms with Crippen molar-refractivity contribution in [2.75, 3.05) is 16.8 Å². The summed E-state index contributed by atoms with van der Waals surface area (Å²) in [5, 5.41) is 16.2. The van der Waals surface area contributed by atoms with Gasteiger partial charge in [0.25, 0.3) is 11.6 Å². The molecular weight excluding hydrogens is 476 g/mol. The summed E-state index contributed by atoms with van der Waals surface area (Å²) in [6.45, 7) is 4.70. The predicted octanol–water partition coefficient (Wildman–Crippen LogP) is 4.83. The third-order valence-electron chi connectivity index (χ3n) is 5.05. The number of para-hydroxylation sites is 1. The first kappa shape index (κ1) is 26.9. The molecule has 0 bridgehead atoms. The van der Waals surface area contributed by atoms with Crippen LogP contribution in [0.15, 0.2) is 84.9 Å². The van der Waals surface area contributed by atoms with Crippen molar-refractivity contribution < 1.29 is 24.0 Å². The van der Waals surface area contributed by atoms with Crippen molar-refractivity contribution >= 4 is 35.0 Å². The Bertz CT molecular complexity index is 1240. The van der Waals surface area contributed by atoms with Gasteiger partial charge in [0.05, 0.1) is 4.92 Å². The van der Waals surface area contributed by atoms with Crippen molar-refractivity contribution in [1.82, 2.24) is 5.32 Å². The fourth-order valence-electron chi connectivity index (χ4n) is 3.50. The molecule has 1 unspecified atom stereocenters. The first-order valence-corrected chi connectivity index (χ1v) is 11.5. The van der Waals surface area contributed by atoms with E-state index in [1.807, 2.05) is 0 Å². The number of rotatable bonds is 8. The maximum atomic E-state index is 13.6. The Morgan fingerprint density at radius 2 is 1.49 bits per heavy atom. The molecule has 0 aliphatic carbocycles. The monoisotopic (exact) mass is 504 g/mol. The van der Waals surface area contributed by atoms with Crippen LogP contribution in [0.2, 0.25) is 0 Å². The van der Waals surface area contributed by atoms with Crippen molar-refractivity contribution in [3.8, 4) is 0 Å². The van der Waals surface area contributed by atoms with E-state index in [1.165, 1.54) is 29.2 Å². The summed E-state index contributed by atoms with van der Waals surface area (Å²) in [6, 6.07) is 21.6. The zero-order valence-electron chi connectivity index (χ0n) is 20.7. The zero-order valence-corrected chi connectivity index (χ0v) is 20.7. The van der Waals surface area contributed by atoms with Crippen LogP contribution < -0.4 is 15.5 Å². The van der Waals surface area contributed by atoms with E-state index in [9.17, 15) is 24.5 Å². The molecule has 3 aromatic rings. The Kier molecular flexibility index (Phi) is 8.57. The minimum atomic E-state index is -1.12. The Hall–Kier alpha value is -4.73. The van der Waals surface area contributed by atoms with Crippen molar-refractivity contribution in [3.05, 3.63) is 101 Å². The SMILES string of the molecule is CC(C)(C)OC(=O)NCC(=O)N(c1ccccc1)C(C(=O)Nc1ccc([N+](=O)[O-])cc1)c1ccccc1. The van der Waals surface area contributed by atoms with E-state index in [2.05, 4.69) is 10.6 Å². The molecule has 0 heterocycles. The standard InChI is InChI=1S/C27H28N4O6/c1-27(2,3)37-26(34)28-18-23(32)30(21-12-8-5-9-13-21)24(19-10-6-4-7-11-19)25(33)29-20-14-16-22(17-15-20)31(35)36/h4-17,24H,18H2,1-3H3,(H,28,34)(H,29,33). The molecule has 10 nitrogen and oxygen atoms in total. The summed E-state index contributed by atoms with van der Waals surface area (Å²) < 4.78 is 5.22. The van der Waals surface area contributed by atoms with Crippen LogP contribution in [0.4, 0.5) is 21.9 Å².